The maximum absolute atomic E-state index is 4.53. The van der Waals surface area contributed by atoms with Crippen LogP contribution in [0.2, 0.25) is 0 Å². The highest BCUT2D eigenvalue weighted by Crippen LogP contribution is 2.24. The van der Waals surface area contributed by atoms with Gasteiger partial charge in [0.05, 0.1) is 6.04 Å². The minimum atomic E-state index is 0.176. The van der Waals surface area contributed by atoms with Gasteiger partial charge in [-0.1, -0.05) is 30.3 Å². The average molecular weight is 282 g/mol. The number of benzene rings is 1. The number of nitrogens with one attached hydrogen (secondary N) is 1. The summed E-state index contributed by atoms with van der Waals surface area (Å²) < 4.78 is 4.39. The number of nitrogens with zero attached hydrogens (tertiary/aromatic N) is 3. The van der Waals surface area contributed by atoms with Crippen molar-refractivity contribution in [2.45, 2.75) is 13.0 Å². The summed E-state index contributed by atoms with van der Waals surface area (Å²) in [6.07, 6.45) is 3.59. The topological polar surface area (TPSA) is 50.7 Å². The summed E-state index contributed by atoms with van der Waals surface area (Å²) in [5, 5.41) is 4.19. The van der Waals surface area contributed by atoms with E-state index in [9.17, 15) is 0 Å². The molecule has 4 nitrogen and oxygen atoms in total. The maximum atomic E-state index is 4.53. The summed E-state index contributed by atoms with van der Waals surface area (Å²) in [6, 6.07) is 14.2. The normalized spacial score (nSPS) is 12.1. The molecular formula is C15H14N4S. The molecule has 2 aromatic heterocycles. The third-order valence-corrected chi connectivity index (χ3v) is 3.65. The van der Waals surface area contributed by atoms with E-state index in [1.54, 1.807) is 12.4 Å². The molecule has 0 saturated carbocycles. The number of pyridine rings is 1. The average Bonchev–Trinajstić information content (AvgIpc) is 2.97. The molecule has 0 amide bonds. The van der Waals surface area contributed by atoms with Gasteiger partial charge in [-0.2, -0.15) is 9.36 Å². The summed E-state index contributed by atoms with van der Waals surface area (Å²) in [7, 11) is 0. The quantitative estimate of drug-likeness (QED) is 0.791. The molecule has 1 N–H and O–H groups in total. The molecule has 0 unspecified atom stereocenters. The lowest BCUT2D eigenvalue weighted by atomic mass is 10.1. The number of anilines is 1. The Morgan fingerprint density at radius 2 is 1.80 bits per heavy atom. The third-order valence-electron chi connectivity index (χ3n) is 3.00. The first-order valence-corrected chi connectivity index (χ1v) is 7.16. The number of hydrogen-bond acceptors (Lipinski definition) is 5. The predicted molar refractivity (Wildman–Crippen MR) is 81.6 cm³/mol. The third kappa shape index (κ3) is 2.83. The highest BCUT2D eigenvalue weighted by molar-refractivity contribution is 7.09. The van der Waals surface area contributed by atoms with E-state index in [0.717, 1.165) is 16.5 Å². The molecule has 0 bridgehead atoms. The van der Waals surface area contributed by atoms with E-state index in [-0.39, 0.29) is 6.04 Å². The van der Waals surface area contributed by atoms with Crippen molar-refractivity contribution in [3.05, 3.63) is 60.4 Å². The zero-order valence-corrected chi connectivity index (χ0v) is 11.8. The standard InChI is InChI=1S/C15H14N4S/c1-11(12-7-9-16-10-8-12)17-15-18-14(19-20-15)13-5-3-2-4-6-13/h2-11H,1H3,(H,17,18,19)/t11-/m1/s1. The van der Waals surface area contributed by atoms with Crippen LogP contribution in [0.15, 0.2) is 54.9 Å². The van der Waals surface area contributed by atoms with Crippen LogP contribution >= 0.6 is 11.5 Å². The van der Waals surface area contributed by atoms with Gasteiger partial charge in [0.2, 0.25) is 5.13 Å². The van der Waals surface area contributed by atoms with Crippen LogP contribution in [-0.4, -0.2) is 14.3 Å². The Morgan fingerprint density at radius 1 is 1.05 bits per heavy atom. The Kier molecular flexibility index (Phi) is 3.69. The molecule has 3 aromatic rings. The van der Waals surface area contributed by atoms with E-state index in [4.69, 9.17) is 0 Å². The van der Waals surface area contributed by atoms with Crippen LogP contribution in [0, 0.1) is 0 Å². The van der Waals surface area contributed by atoms with Gasteiger partial charge in [0.15, 0.2) is 5.82 Å². The van der Waals surface area contributed by atoms with E-state index in [1.165, 1.54) is 17.1 Å². The van der Waals surface area contributed by atoms with Crippen LogP contribution in [0.4, 0.5) is 5.13 Å². The van der Waals surface area contributed by atoms with E-state index in [1.807, 2.05) is 42.5 Å². The van der Waals surface area contributed by atoms with Crippen LogP contribution in [0.25, 0.3) is 11.4 Å². The molecular weight excluding hydrogens is 268 g/mol. The fourth-order valence-electron chi connectivity index (χ4n) is 1.91. The fraction of sp³-hybridized carbons (Fsp3) is 0.133. The molecule has 2 heterocycles. The van der Waals surface area contributed by atoms with Crippen molar-refractivity contribution in [3.63, 3.8) is 0 Å². The zero-order chi connectivity index (χ0) is 13.8. The smallest absolute Gasteiger partial charge is 0.203 e. The van der Waals surface area contributed by atoms with Gasteiger partial charge in [0, 0.05) is 29.5 Å². The van der Waals surface area contributed by atoms with Gasteiger partial charge in [-0.3, -0.25) is 4.98 Å². The summed E-state index contributed by atoms with van der Waals surface area (Å²) in [6.45, 7) is 2.10. The first kappa shape index (κ1) is 12.7. The van der Waals surface area contributed by atoms with Crippen molar-refractivity contribution in [2.75, 3.05) is 5.32 Å². The van der Waals surface area contributed by atoms with Crippen molar-refractivity contribution in [1.29, 1.82) is 0 Å². The Hall–Kier alpha value is -2.27. The zero-order valence-electron chi connectivity index (χ0n) is 11.0. The highest BCUT2D eigenvalue weighted by atomic mass is 32.1. The lowest BCUT2D eigenvalue weighted by Crippen LogP contribution is -2.06. The summed E-state index contributed by atoms with van der Waals surface area (Å²) in [4.78, 5) is 8.55. The number of rotatable bonds is 4. The van der Waals surface area contributed by atoms with E-state index in [2.05, 4.69) is 26.6 Å². The van der Waals surface area contributed by atoms with E-state index < -0.39 is 0 Å². The van der Waals surface area contributed by atoms with Gasteiger partial charge >= 0.3 is 0 Å². The van der Waals surface area contributed by atoms with Gasteiger partial charge in [0.1, 0.15) is 0 Å². The monoisotopic (exact) mass is 282 g/mol. The Bertz CT molecular complexity index is 667. The van der Waals surface area contributed by atoms with E-state index in [0.29, 0.717) is 0 Å². The molecule has 0 aliphatic carbocycles. The molecule has 0 radical (unpaired) electrons. The molecule has 0 saturated heterocycles. The van der Waals surface area contributed by atoms with Crippen LogP contribution in [0.5, 0.6) is 0 Å². The SMILES string of the molecule is C[C@@H](Nc1nc(-c2ccccc2)ns1)c1ccncc1. The Labute approximate surface area is 121 Å². The molecule has 0 spiro atoms. The predicted octanol–water partition coefficient (Wildman–Crippen LogP) is 3.77. The Balaban J connectivity index is 1.75. The molecule has 3 rings (SSSR count). The van der Waals surface area contributed by atoms with Gasteiger partial charge < -0.3 is 5.32 Å². The molecule has 5 heteroatoms. The van der Waals surface area contributed by atoms with Gasteiger partial charge in [-0.05, 0) is 24.6 Å². The highest BCUT2D eigenvalue weighted by Gasteiger charge is 2.10. The lowest BCUT2D eigenvalue weighted by Gasteiger charge is -2.12. The molecule has 0 aliphatic rings. The number of aromatic nitrogens is 3. The molecule has 20 heavy (non-hydrogen) atoms. The number of hydrogen-bond donors (Lipinski definition) is 1. The minimum Gasteiger partial charge on any atom is -0.354 e. The molecule has 1 aromatic carbocycles. The van der Waals surface area contributed by atoms with Crippen LogP contribution in [-0.2, 0) is 0 Å². The van der Waals surface area contributed by atoms with Crippen molar-refractivity contribution < 1.29 is 0 Å². The Morgan fingerprint density at radius 3 is 2.55 bits per heavy atom. The van der Waals surface area contributed by atoms with Crippen molar-refractivity contribution in [2.24, 2.45) is 0 Å². The first-order valence-electron chi connectivity index (χ1n) is 6.38. The second kappa shape index (κ2) is 5.79. The lowest BCUT2D eigenvalue weighted by molar-refractivity contribution is 0.878. The van der Waals surface area contributed by atoms with E-state index >= 15 is 0 Å². The summed E-state index contributed by atoms with van der Waals surface area (Å²) in [5.74, 6) is 0.764. The van der Waals surface area contributed by atoms with Gasteiger partial charge in [-0.15, -0.1) is 0 Å². The molecule has 1 atom stereocenters. The maximum Gasteiger partial charge on any atom is 0.203 e. The second-order valence-electron chi connectivity index (χ2n) is 4.44. The summed E-state index contributed by atoms with van der Waals surface area (Å²) in [5.41, 5.74) is 2.21. The van der Waals surface area contributed by atoms with Crippen molar-refractivity contribution in [1.82, 2.24) is 14.3 Å². The first-order chi connectivity index (χ1) is 9.83. The van der Waals surface area contributed by atoms with Crippen molar-refractivity contribution in [3.8, 4) is 11.4 Å². The largest absolute Gasteiger partial charge is 0.354 e. The van der Waals surface area contributed by atoms with Crippen LogP contribution < -0.4 is 5.32 Å². The summed E-state index contributed by atoms with van der Waals surface area (Å²) >= 11 is 1.38. The minimum absolute atomic E-state index is 0.176. The van der Waals surface area contributed by atoms with Crippen molar-refractivity contribution >= 4 is 16.7 Å². The molecule has 0 fully saturated rings. The second-order valence-corrected chi connectivity index (χ2v) is 5.19. The van der Waals surface area contributed by atoms with Gasteiger partial charge in [0.25, 0.3) is 0 Å². The van der Waals surface area contributed by atoms with Crippen LogP contribution in [0.1, 0.15) is 18.5 Å². The molecule has 100 valence electrons. The van der Waals surface area contributed by atoms with Crippen LogP contribution in [0.3, 0.4) is 0 Å². The fourth-order valence-corrected chi connectivity index (χ4v) is 2.58. The molecule has 0 aliphatic heterocycles. The van der Waals surface area contributed by atoms with Gasteiger partial charge in [-0.25, -0.2) is 0 Å².